The number of sulfone groups is 1. The van der Waals surface area contributed by atoms with E-state index in [1.807, 2.05) is 30.0 Å². The highest BCUT2D eigenvalue weighted by Gasteiger charge is 2.33. The number of carbonyl (C=O) groups excluding carboxylic acids is 1. The van der Waals surface area contributed by atoms with Crippen LogP contribution in [0, 0.1) is 6.92 Å². The number of aromatic nitrogens is 3. The zero-order valence-corrected chi connectivity index (χ0v) is 21.5. The number of aryl methyl sites for hydroxylation is 1. The van der Waals surface area contributed by atoms with E-state index in [1.165, 1.54) is 5.56 Å². The molecule has 1 amide bonds. The summed E-state index contributed by atoms with van der Waals surface area (Å²) in [4.78, 5) is 23.0. The van der Waals surface area contributed by atoms with Gasteiger partial charge in [0.25, 0.3) is 5.91 Å². The fourth-order valence-corrected chi connectivity index (χ4v) is 7.07. The van der Waals surface area contributed by atoms with E-state index in [9.17, 15) is 13.2 Å². The number of carbonyl (C=O) groups is 1. The summed E-state index contributed by atoms with van der Waals surface area (Å²) in [6, 6.07) is 15.4. The molecular formula is C27H29N5O4S. The molecule has 37 heavy (non-hydrogen) atoms. The molecule has 1 aromatic carbocycles. The van der Waals surface area contributed by atoms with Crippen LogP contribution in [0.5, 0.6) is 0 Å². The number of rotatable bonds is 5. The number of hydrogen-bond acceptors (Lipinski definition) is 7. The average molecular weight is 520 g/mol. The summed E-state index contributed by atoms with van der Waals surface area (Å²) >= 11 is 0. The SMILES string of the molecule is Cc1nn(C2CCS(=O)(=O)C2)c2nc(-c3ccco3)cc(C(=O)N3CCN(Cc4ccccc4)CC3)c12. The third kappa shape index (κ3) is 4.67. The maximum Gasteiger partial charge on any atom is 0.254 e. The first kappa shape index (κ1) is 23.9. The van der Waals surface area contributed by atoms with Gasteiger partial charge >= 0.3 is 0 Å². The van der Waals surface area contributed by atoms with Gasteiger partial charge < -0.3 is 9.32 Å². The second-order valence-electron chi connectivity index (χ2n) is 9.87. The number of benzene rings is 1. The Morgan fingerprint density at radius 3 is 2.54 bits per heavy atom. The minimum Gasteiger partial charge on any atom is -0.463 e. The molecule has 0 aliphatic carbocycles. The molecule has 5 heterocycles. The summed E-state index contributed by atoms with van der Waals surface area (Å²) in [5, 5.41) is 5.36. The molecular weight excluding hydrogens is 490 g/mol. The van der Waals surface area contributed by atoms with Crippen molar-refractivity contribution in [2.75, 3.05) is 37.7 Å². The van der Waals surface area contributed by atoms with E-state index in [1.54, 1.807) is 29.1 Å². The lowest BCUT2D eigenvalue weighted by atomic mass is 10.1. The van der Waals surface area contributed by atoms with Crippen LogP contribution in [0.3, 0.4) is 0 Å². The van der Waals surface area contributed by atoms with Gasteiger partial charge in [0, 0.05) is 32.7 Å². The largest absolute Gasteiger partial charge is 0.463 e. The van der Waals surface area contributed by atoms with Crippen molar-refractivity contribution in [3.8, 4) is 11.5 Å². The molecule has 1 atom stereocenters. The summed E-state index contributed by atoms with van der Waals surface area (Å²) in [7, 11) is -3.11. The van der Waals surface area contributed by atoms with Gasteiger partial charge in [-0.25, -0.2) is 18.1 Å². The van der Waals surface area contributed by atoms with E-state index in [2.05, 4.69) is 22.1 Å². The summed E-state index contributed by atoms with van der Waals surface area (Å²) < 4.78 is 31.7. The van der Waals surface area contributed by atoms with Crippen molar-refractivity contribution in [2.45, 2.75) is 25.9 Å². The molecule has 0 bridgehead atoms. The molecule has 10 heteroatoms. The van der Waals surface area contributed by atoms with Crippen LogP contribution < -0.4 is 0 Å². The van der Waals surface area contributed by atoms with E-state index >= 15 is 0 Å². The van der Waals surface area contributed by atoms with E-state index in [0.29, 0.717) is 53.3 Å². The first-order valence-corrected chi connectivity index (χ1v) is 14.4. The summed E-state index contributed by atoms with van der Waals surface area (Å²) in [6.45, 7) is 5.54. The van der Waals surface area contributed by atoms with E-state index < -0.39 is 9.84 Å². The molecule has 2 aliphatic heterocycles. The number of hydrogen-bond donors (Lipinski definition) is 0. The van der Waals surface area contributed by atoms with Crippen LogP contribution in [0.1, 0.15) is 34.1 Å². The van der Waals surface area contributed by atoms with Crippen LogP contribution in [-0.2, 0) is 16.4 Å². The van der Waals surface area contributed by atoms with Crippen molar-refractivity contribution < 1.29 is 17.6 Å². The molecule has 9 nitrogen and oxygen atoms in total. The van der Waals surface area contributed by atoms with Gasteiger partial charge in [-0.15, -0.1) is 0 Å². The molecule has 4 aromatic rings. The minimum atomic E-state index is -3.11. The Bertz CT molecular complexity index is 1540. The number of piperazine rings is 1. The normalized spacial score (nSPS) is 20.0. The molecule has 0 radical (unpaired) electrons. The molecule has 0 spiro atoms. The van der Waals surface area contributed by atoms with Crippen molar-refractivity contribution in [1.82, 2.24) is 24.6 Å². The first-order chi connectivity index (χ1) is 17.9. The van der Waals surface area contributed by atoms with Crippen LogP contribution in [0.15, 0.2) is 59.2 Å². The molecule has 1 unspecified atom stereocenters. The first-order valence-electron chi connectivity index (χ1n) is 12.6. The standard InChI is InChI=1S/C27H29N5O4S/c1-19-25-22(27(33)31-12-10-30(11-13-31)17-20-6-3-2-4-7-20)16-23(24-8-5-14-36-24)28-26(25)32(29-19)21-9-15-37(34,35)18-21/h2-8,14,16,21H,9-13,15,17-18H2,1H3. The van der Waals surface area contributed by atoms with E-state index in [0.717, 1.165) is 19.6 Å². The van der Waals surface area contributed by atoms with Crippen molar-refractivity contribution in [3.63, 3.8) is 0 Å². The molecule has 2 aliphatic rings. The van der Waals surface area contributed by atoms with Gasteiger partial charge in [-0.1, -0.05) is 30.3 Å². The number of pyridine rings is 1. The number of nitrogens with zero attached hydrogens (tertiary/aromatic N) is 5. The van der Waals surface area contributed by atoms with Gasteiger partial charge in [-0.3, -0.25) is 9.69 Å². The lowest BCUT2D eigenvalue weighted by molar-refractivity contribution is 0.0630. The second-order valence-corrected chi connectivity index (χ2v) is 12.1. The van der Waals surface area contributed by atoms with E-state index in [4.69, 9.17) is 9.40 Å². The molecule has 3 aromatic heterocycles. The number of amides is 1. The maximum absolute atomic E-state index is 13.9. The number of furan rings is 1. The molecule has 192 valence electrons. The van der Waals surface area contributed by atoms with Crippen LogP contribution in [0.2, 0.25) is 0 Å². The smallest absolute Gasteiger partial charge is 0.254 e. The zero-order chi connectivity index (χ0) is 25.6. The fraction of sp³-hybridized carbons (Fsp3) is 0.370. The molecule has 2 saturated heterocycles. The fourth-order valence-electron chi connectivity index (χ4n) is 5.38. The van der Waals surface area contributed by atoms with Crippen molar-refractivity contribution in [2.24, 2.45) is 0 Å². The summed E-state index contributed by atoms with van der Waals surface area (Å²) in [5.41, 5.74) is 3.52. The number of fused-ring (bicyclic) bond motifs is 1. The molecule has 2 fully saturated rings. The molecule has 0 N–H and O–H groups in total. The Kier molecular flexibility index (Phi) is 6.08. The van der Waals surface area contributed by atoms with Crippen LogP contribution in [0.25, 0.3) is 22.5 Å². The van der Waals surface area contributed by atoms with Crippen molar-refractivity contribution in [1.29, 1.82) is 0 Å². The highest BCUT2D eigenvalue weighted by molar-refractivity contribution is 7.91. The topological polar surface area (TPSA) is 102 Å². The third-order valence-electron chi connectivity index (χ3n) is 7.30. The summed E-state index contributed by atoms with van der Waals surface area (Å²) in [6.07, 6.45) is 2.05. The Labute approximate surface area is 215 Å². The van der Waals surface area contributed by atoms with Crippen molar-refractivity contribution >= 4 is 26.8 Å². The van der Waals surface area contributed by atoms with Gasteiger partial charge in [0.1, 0.15) is 5.69 Å². The van der Waals surface area contributed by atoms with Crippen LogP contribution >= 0.6 is 0 Å². The zero-order valence-electron chi connectivity index (χ0n) is 20.7. The quantitative estimate of drug-likeness (QED) is 0.399. The Morgan fingerprint density at radius 1 is 1.08 bits per heavy atom. The lowest BCUT2D eigenvalue weighted by Gasteiger charge is -2.35. The van der Waals surface area contributed by atoms with Gasteiger partial charge in [0.05, 0.1) is 40.5 Å². The Morgan fingerprint density at radius 2 is 1.86 bits per heavy atom. The van der Waals surface area contributed by atoms with Crippen molar-refractivity contribution in [3.05, 3.63) is 71.6 Å². The van der Waals surface area contributed by atoms with E-state index in [-0.39, 0.29) is 23.5 Å². The Hall–Kier alpha value is -3.50. The average Bonchev–Trinajstić information content (AvgIpc) is 3.64. The summed E-state index contributed by atoms with van der Waals surface area (Å²) in [5.74, 6) is 0.645. The monoisotopic (exact) mass is 519 g/mol. The van der Waals surface area contributed by atoms with Gasteiger partial charge in [-0.05, 0) is 37.1 Å². The van der Waals surface area contributed by atoms with Gasteiger partial charge in [-0.2, -0.15) is 5.10 Å². The minimum absolute atomic E-state index is 0.0303. The predicted octanol–water partition coefficient (Wildman–Crippen LogP) is 3.32. The van der Waals surface area contributed by atoms with Gasteiger partial charge in [0.2, 0.25) is 0 Å². The second kappa shape index (κ2) is 9.42. The van der Waals surface area contributed by atoms with Crippen LogP contribution in [0.4, 0.5) is 0 Å². The van der Waals surface area contributed by atoms with Crippen LogP contribution in [-0.4, -0.2) is 76.6 Å². The maximum atomic E-state index is 13.9. The Balaban J connectivity index is 1.33. The third-order valence-corrected chi connectivity index (χ3v) is 9.05. The molecule has 6 rings (SSSR count). The highest BCUT2D eigenvalue weighted by atomic mass is 32.2. The van der Waals surface area contributed by atoms with Gasteiger partial charge in [0.15, 0.2) is 21.2 Å². The lowest BCUT2D eigenvalue weighted by Crippen LogP contribution is -2.48. The highest BCUT2D eigenvalue weighted by Crippen LogP contribution is 2.33. The predicted molar refractivity (Wildman–Crippen MR) is 140 cm³/mol. The molecule has 0 saturated carbocycles.